The summed E-state index contributed by atoms with van der Waals surface area (Å²) in [5.74, 6) is 1.79. The molecular formula is C13H22N6S. The normalized spacial score (nSPS) is 12.1. The molecule has 0 bridgehead atoms. The fraction of sp³-hybridized carbons (Fsp3) is 0.692. The molecule has 6 nitrogen and oxygen atoms in total. The number of hydrogen-bond donors (Lipinski definition) is 1. The van der Waals surface area contributed by atoms with Crippen LogP contribution in [0, 0.1) is 0 Å². The van der Waals surface area contributed by atoms with Crippen LogP contribution in [0.15, 0.2) is 0 Å². The van der Waals surface area contributed by atoms with Gasteiger partial charge in [0.05, 0.1) is 6.54 Å². The summed E-state index contributed by atoms with van der Waals surface area (Å²) in [6.45, 7) is 11.2. The summed E-state index contributed by atoms with van der Waals surface area (Å²) in [6.07, 6.45) is 1.67. The van der Waals surface area contributed by atoms with Gasteiger partial charge in [-0.2, -0.15) is 4.68 Å². The van der Waals surface area contributed by atoms with Crippen LogP contribution in [0.5, 0.6) is 0 Å². The second-order valence-corrected chi connectivity index (χ2v) is 6.69. The second-order valence-electron chi connectivity index (χ2n) is 5.65. The van der Waals surface area contributed by atoms with Crippen molar-refractivity contribution in [1.29, 1.82) is 0 Å². The minimum absolute atomic E-state index is 0.0725. The predicted octanol–water partition coefficient (Wildman–Crippen LogP) is 2.13. The molecule has 0 radical (unpaired) electrons. The van der Waals surface area contributed by atoms with Crippen molar-refractivity contribution < 1.29 is 0 Å². The largest absolute Gasteiger partial charge is 0.306 e. The van der Waals surface area contributed by atoms with Gasteiger partial charge in [-0.25, -0.2) is 4.98 Å². The van der Waals surface area contributed by atoms with E-state index in [2.05, 4.69) is 60.2 Å². The third kappa shape index (κ3) is 3.61. The first-order chi connectivity index (χ1) is 9.43. The standard InChI is InChI=1S/C13H22N6S/c1-6-9-15-10(7-2)19(18-9)12-17-16-11(20-12)8-14-13(3,4)5/h14H,6-8H2,1-5H3. The average Bonchev–Trinajstić information content (AvgIpc) is 3.01. The van der Waals surface area contributed by atoms with Gasteiger partial charge in [-0.15, -0.1) is 15.3 Å². The SMILES string of the molecule is CCc1nc(CC)n(-c2nnc(CNC(C)(C)C)s2)n1. The van der Waals surface area contributed by atoms with Gasteiger partial charge in [0.2, 0.25) is 5.13 Å². The number of aromatic nitrogens is 5. The van der Waals surface area contributed by atoms with Crippen LogP contribution in [0.3, 0.4) is 0 Å². The molecule has 7 heteroatoms. The minimum atomic E-state index is 0.0725. The third-order valence-electron chi connectivity index (χ3n) is 2.76. The van der Waals surface area contributed by atoms with Gasteiger partial charge >= 0.3 is 0 Å². The summed E-state index contributed by atoms with van der Waals surface area (Å²) in [5.41, 5.74) is 0.0725. The lowest BCUT2D eigenvalue weighted by Crippen LogP contribution is -2.35. The molecule has 0 atom stereocenters. The fourth-order valence-corrected chi connectivity index (χ4v) is 2.42. The highest BCUT2D eigenvalue weighted by Crippen LogP contribution is 2.17. The molecule has 20 heavy (non-hydrogen) atoms. The number of nitrogens with zero attached hydrogens (tertiary/aromatic N) is 5. The van der Waals surface area contributed by atoms with Gasteiger partial charge < -0.3 is 5.32 Å². The van der Waals surface area contributed by atoms with Crippen molar-refractivity contribution in [1.82, 2.24) is 30.3 Å². The predicted molar refractivity (Wildman–Crippen MR) is 80.2 cm³/mol. The van der Waals surface area contributed by atoms with Gasteiger partial charge in [0, 0.05) is 18.4 Å². The Hall–Kier alpha value is -1.34. The molecule has 2 aromatic rings. The molecule has 0 saturated heterocycles. The minimum Gasteiger partial charge on any atom is -0.306 e. The van der Waals surface area contributed by atoms with Crippen LogP contribution >= 0.6 is 11.3 Å². The quantitative estimate of drug-likeness (QED) is 0.915. The molecule has 2 heterocycles. The maximum Gasteiger partial charge on any atom is 0.234 e. The Balaban J connectivity index is 2.18. The van der Waals surface area contributed by atoms with Crippen molar-refractivity contribution in [3.05, 3.63) is 16.7 Å². The zero-order chi connectivity index (χ0) is 14.8. The van der Waals surface area contributed by atoms with E-state index in [0.29, 0.717) is 0 Å². The highest BCUT2D eigenvalue weighted by molar-refractivity contribution is 7.13. The third-order valence-corrected chi connectivity index (χ3v) is 3.66. The molecule has 1 N–H and O–H groups in total. The van der Waals surface area contributed by atoms with E-state index >= 15 is 0 Å². The summed E-state index contributed by atoms with van der Waals surface area (Å²) in [6, 6.07) is 0. The van der Waals surface area contributed by atoms with Crippen LogP contribution in [0.2, 0.25) is 0 Å². The van der Waals surface area contributed by atoms with Crippen molar-refractivity contribution in [2.75, 3.05) is 0 Å². The first-order valence-corrected chi connectivity index (χ1v) is 7.77. The van der Waals surface area contributed by atoms with Crippen molar-refractivity contribution in [3.63, 3.8) is 0 Å². The second kappa shape index (κ2) is 5.97. The molecule has 110 valence electrons. The summed E-state index contributed by atoms with van der Waals surface area (Å²) >= 11 is 1.56. The van der Waals surface area contributed by atoms with Crippen molar-refractivity contribution in [2.45, 2.75) is 59.5 Å². The van der Waals surface area contributed by atoms with E-state index in [4.69, 9.17) is 0 Å². The number of aryl methyl sites for hydroxylation is 2. The highest BCUT2D eigenvalue weighted by Gasteiger charge is 2.15. The lowest BCUT2D eigenvalue weighted by Gasteiger charge is -2.19. The van der Waals surface area contributed by atoms with Gasteiger partial charge in [-0.1, -0.05) is 25.2 Å². The van der Waals surface area contributed by atoms with Crippen LogP contribution in [0.25, 0.3) is 5.13 Å². The van der Waals surface area contributed by atoms with Crippen LogP contribution in [0.1, 0.15) is 51.3 Å². The van der Waals surface area contributed by atoms with Crippen LogP contribution in [0.4, 0.5) is 0 Å². The zero-order valence-corrected chi connectivity index (χ0v) is 13.6. The lowest BCUT2D eigenvalue weighted by atomic mass is 10.1. The van der Waals surface area contributed by atoms with Crippen LogP contribution in [-0.2, 0) is 19.4 Å². The van der Waals surface area contributed by atoms with Crippen molar-refractivity contribution in [3.8, 4) is 5.13 Å². The van der Waals surface area contributed by atoms with E-state index in [1.165, 1.54) is 0 Å². The van der Waals surface area contributed by atoms with Gasteiger partial charge in [0.15, 0.2) is 5.82 Å². The Morgan fingerprint density at radius 2 is 1.90 bits per heavy atom. The molecular weight excluding hydrogens is 272 g/mol. The Labute approximate surface area is 123 Å². The Morgan fingerprint density at radius 1 is 1.15 bits per heavy atom. The zero-order valence-electron chi connectivity index (χ0n) is 12.8. The maximum absolute atomic E-state index is 4.49. The summed E-state index contributed by atoms with van der Waals surface area (Å²) in [7, 11) is 0. The molecule has 0 amide bonds. The van der Waals surface area contributed by atoms with E-state index in [1.54, 1.807) is 11.3 Å². The Kier molecular flexibility index (Phi) is 4.49. The Morgan fingerprint density at radius 3 is 2.50 bits per heavy atom. The van der Waals surface area contributed by atoms with E-state index in [0.717, 1.165) is 41.2 Å². The molecule has 2 aromatic heterocycles. The number of hydrogen-bond acceptors (Lipinski definition) is 6. The summed E-state index contributed by atoms with van der Waals surface area (Å²) in [4.78, 5) is 4.49. The number of nitrogens with one attached hydrogen (secondary N) is 1. The van der Waals surface area contributed by atoms with E-state index in [-0.39, 0.29) is 5.54 Å². The summed E-state index contributed by atoms with van der Waals surface area (Å²) in [5, 5.41) is 18.1. The van der Waals surface area contributed by atoms with E-state index < -0.39 is 0 Å². The maximum atomic E-state index is 4.49. The van der Waals surface area contributed by atoms with Gasteiger partial charge in [0.25, 0.3) is 0 Å². The first kappa shape index (κ1) is 15.1. The van der Waals surface area contributed by atoms with Crippen LogP contribution in [-0.4, -0.2) is 30.5 Å². The molecule has 0 fully saturated rings. The molecule has 0 aromatic carbocycles. The van der Waals surface area contributed by atoms with Crippen molar-refractivity contribution in [2.24, 2.45) is 0 Å². The molecule has 0 spiro atoms. The Bertz CT molecular complexity index is 566. The monoisotopic (exact) mass is 294 g/mol. The first-order valence-electron chi connectivity index (χ1n) is 6.95. The highest BCUT2D eigenvalue weighted by atomic mass is 32.1. The molecule has 0 aliphatic carbocycles. The lowest BCUT2D eigenvalue weighted by molar-refractivity contribution is 0.423. The van der Waals surface area contributed by atoms with Gasteiger partial charge in [-0.3, -0.25) is 0 Å². The summed E-state index contributed by atoms with van der Waals surface area (Å²) < 4.78 is 1.82. The van der Waals surface area contributed by atoms with E-state index in [9.17, 15) is 0 Å². The topological polar surface area (TPSA) is 68.5 Å². The fourth-order valence-electron chi connectivity index (χ4n) is 1.67. The van der Waals surface area contributed by atoms with Gasteiger partial charge in [0.1, 0.15) is 10.8 Å². The molecule has 0 aliphatic heterocycles. The molecule has 0 unspecified atom stereocenters. The van der Waals surface area contributed by atoms with Gasteiger partial charge in [-0.05, 0) is 20.8 Å². The van der Waals surface area contributed by atoms with Crippen LogP contribution < -0.4 is 5.32 Å². The molecule has 0 aliphatic rings. The average molecular weight is 294 g/mol. The smallest absolute Gasteiger partial charge is 0.234 e. The van der Waals surface area contributed by atoms with Crippen molar-refractivity contribution >= 4 is 11.3 Å². The van der Waals surface area contributed by atoms with E-state index in [1.807, 2.05) is 4.68 Å². The number of rotatable bonds is 5. The molecule has 0 saturated carbocycles. The molecule has 2 rings (SSSR count).